The topological polar surface area (TPSA) is 80.8 Å². The first-order valence-electron chi connectivity index (χ1n) is 9.56. The van der Waals surface area contributed by atoms with E-state index in [1.165, 1.54) is 0 Å². The van der Waals surface area contributed by atoms with E-state index < -0.39 is 0 Å². The molecule has 0 aliphatic heterocycles. The predicted molar refractivity (Wildman–Crippen MR) is 115 cm³/mol. The summed E-state index contributed by atoms with van der Waals surface area (Å²) >= 11 is 0. The molecule has 0 radical (unpaired) electrons. The number of aliphatic hydroxyl groups is 1. The fourth-order valence-corrected chi connectivity index (χ4v) is 3.15. The molecule has 0 aliphatic rings. The van der Waals surface area contributed by atoms with Crippen molar-refractivity contribution in [1.29, 1.82) is 0 Å². The van der Waals surface area contributed by atoms with Gasteiger partial charge in [0.05, 0.1) is 17.6 Å². The van der Waals surface area contributed by atoms with Gasteiger partial charge in [0, 0.05) is 30.3 Å². The van der Waals surface area contributed by atoms with E-state index in [0.717, 1.165) is 47.7 Å². The first-order chi connectivity index (χ1) is 13.2. The van der Waals surface area contributed by atoms with Crippen molar-refractivity contribution < 1.29 is 10.6 Å². The van der Waals surface area contributed by atoms with Gasteiger partial charge in [-0.25, -0.2) is 4.98 Å². The molecule has 0 fully saturated rings. The number of benzene rings is 2. The molecule has 0 spiro atoms. The van der Waals surface area contributed by atoms with Crippen LogP contribution in [-0.4, -0.2) is 39.7 Å². The monoisotopic (exact) mass is 379 g/mol. The van der Waals surface area contributed by atoms with Crippen molar-refractivity contribution in [3.8, 4) is 22.5 Å². The summed E-state index contributed by atoms with van der Waals surface area (Å²) in [5, 5.41) is 9.10. The highest BCUT2D eigenvalue weighted by atomic mass is 16.2. The van der Waals surface area contributed by atoms with E-state index in [1.807, 2.05) is 42.6 Å². The smallest absolute Gasteiger partial charge is 0.148 e. The highest BCUT2D eigenvalue weighted by Crippen LogP contribution is 2.30. The van der Waals surface area contributed by atoms with E-state index in [9.17, 15) is 0 Å². The van der Waals surface area contributed by atoms with Crippen LogP contribution in [0.1, 0.15) is 26.7 Å². The Morgan fingerprint density at radius 1 is 0.857 bits per heavy atom. The van der Waals surface area contributed by atoms with Gasteiger partial charge in [-0.05, 0) is 26.7 Å². The van der Waals surface area contributed by atoms with Crippen LogP contribution < -0.4 is 4.90 Å². The number of unbranched alkanes of at least 4 members (excludes halogenated alkanes) is 1. The Kier molecular flexibility index (Phi) is 8.11. The molecular formula is C23H29N3O2. The SMILES string of the molecule is CC(C)N(CCCCO)c1cnc(-c2ccccc2)c(-c2ccccc2)n1.O. The zero-order valence-electron chi connectivity index (χ0n) is 16.5. The van der Waals surface area contributed by atoms with Crippen LogP contribution in [0.15, 0.2) is 66.9 Å². The number of aliphatic hydroxyl groups excluding tert-OH is 1. The third-order valence-corrected chi connectivity index (χ3v) is 4.58. The van der Waals surface area contributed by atoms with Gasteiger partial charge < -0.3 is 15.5 Å². The largest absolute Gasteiger partial charge is 0.412 e. The van der Waals surface area contributed by atoms with Crippen LogP contribution in [0.4, 0.5) is 5.82 Å². The Bertz CT molecular complexity index is 839. The Morgan fingerprint density at radius 3 is 1.96 bits per heavy atom. The molecule has 1 heterocycles. The van der Waals surface area contributed by atoms with Crippen LogP contribution >= 0.6 is 0 Å². The van der Waals surface area contributed by atoms with Crippen LogP contribution in [0.2, 0.25) is 0 Å². The molecular weight excluding hydrogens is 350 g/mol. The second-order valence-electron chi connectivity index (χ2n) is 6.88. The summed E-state index contributed by atoms with van der Waals surface area (Å²) in [4.78, 5) is 12.1. The van der Waals surface area contributed by atoms with E-state index in [2.05, 4.69) is 43.0 Å². The minimum absolute atomic E-state index is 0. The molecule has 28 heavy (non-hydrogen) atoms. The summed E-state index contributed by atoms with van der Waals surface area (Å²) < 4.78 is 0. The summed E-state index contributed by atoms with van der Waals surface area (Å²) in [7, 11) is 0. The summed E-state index contributed by atoms with van der Waals surface area (Å²) in [6.07, 6.45) is 3.59. The number of anilines is 1. The zero-order chi connectivity index (χ0) is 19.1. The molecule has 0 saturated carbocycles. The Labute approximate surface area is 167 Å². The second kappa shape index (κ2) is 10.5. The van der Waals surface area contributed by atoms with Gasteiger partial charge in [0.15, 0.2) is 0 Å². The molecule has 0 bridgehead atoms. The van der Waals surface area contributed by atoms with Crippen molar-refractivity contribution in [2.75, 3.05) is 18.1 Å². The van der Waals surface area contributed by atoms with Gasteiger partial charge in [-0.1, -0.05) is 60.7 Å². The maximum Gasteiger partial charge on any atom is 0.148 e. The van der Waals surface area contributed by atoms with E-state index in [1.54, 1.807) is 0 Å². The molecule has 5 heteroatoms. The number of hydrogen-bond donors (Lipinski definition) is 1. The average Bonchev–Trinajstić information content (AvgIpc) is 2.72. The van der Waals surface area contributed by atoms with Crippen molar-refractivity contribution in [2.24, 2.45) is 0 Å². The lowest BCUT2D eigenvalue weighted by Gasteiger charge is -2.28. The summed E-state index contributed by atoms with van der Waals surface area (Å²) in [6, 6.07) is 20.7. The van der Waals surface area contributed by atoms with Crippen LogP contribution in [0, 0.1) is 0 Å². The average molecular weight is 380 g/mol. The summed E-state index contributed by atoms with van der Waals surface area (Å²) in [5.74, 6) is 0.876. The minimum atomic E-state index is 0. The normalized spacial score (nSPS) is 10.6. The number of rotatable bonds is 8. The van der Waals surface area contributed by atoms with Gasteiger partial charge in [0.25, 0.3) is 0 Å². The molecule has 3 N–H and O–H groups in total. The molecule has 0 aliphatic carbocycles. The Hall–Kier alpha value is -2.76. The number of hydrogen-bond acceptors (Lipinski definition) is 4. The third kappa shape index (κ3) is 5.15. The van der Waals surface area contributed by atoms with E-state index in [-0.39, 0.29) is 12.1 Å². The fraction of sp³-hybridized carbons (Fsp3) is 0.304. The first kappa shape index (κ1) is 21.5. The van der Waals surface area contributed by atoms with Crippen molar-refractivity contribution in [3.63, 3.8) is 0 Å². The zero-order valence-corrected chi connectivity index (χ0v) is 16.5. The quantitative estimate of drug-likeness (QED) is 0.601. The van der Waals surface area contributed by atoms with Gasteiger partial charge in [0.2, 0.25) is 0 Å². The lowest BCUT2D eigenvalue weighted by molar-refractivity contribution is 0.284. The van der Waals surface area contributed by atoms with Gasteiger partial charge in [-0.2, -0.15) is 0 Å². The van der Waals surface area contributed by atoms with E-state index in [0.29, 0.717) is 6.04 Å². The summed E-state index contributed by atoms with van der Waals surface area (Å²) in [6.45, 7) is 5.40. The first-order valence-corrected chi connectivity index (χ1v) is 9.56. The second-order valence-corrected chi connectivity index (χ2v) is 6.88. The molecule has 0 unspecified atom stereocenters. The predicted octanol–water partition coefficient (Wildman–Crippen LogP) is 3.97. The van der Waals surface area contributed by atoms with Gasteiger partial charge >= 0.3 is 0 Å². The Morgan fingerprint density at radius 2 is 1.43 bits per heavy atom. The highest BCUT2D eigenvalue weighted by molar-refractivity contribution is 5.78. The van der Waals surface area contributed by atoms with Gasteiger partial charge in [0.1, 0.15) is 5.82 Å². The lowest BCUT2D eigenvalue weighted by Crippen LogP contribution is -2.32. The molecule has 0 amide bonds. The van der Waals surface area contributed by atoms with Gasteiger partial charge in [-0.15, -0.1) is 0 Å². The third-order valence-electron chi connectivity index (χ3n) is 4.58. The minimum Gasteiger partial charge on any atom is -0.412 e. The molecule has 5 nitrogen and oxygen atoms in total. The number of nitrogens with zero attached hydrogens (tertiary/aromatic N) is 3. The fourth-order valence-electron chi connectivity index (χ4n) is 3.15. The van der Waals surface area contributed by atoms with Crippen LogP contribution in [-0.2, 0) is 0 Å². The van der Waals surface area contributed by atoms with E-state index >= 15 is 0 Å². The molecule has 0 saturated heterocycles. The molecule has 148 valence electrons. The van der Waals surface area contributed by atoms with Crippen molar-refractivity contribution in [2.45, 2.75) is 32.7 Å². The maximum absolute atomic E-state index is 9.10. The molecule has 1 aromatic heterocycles. The van der Waals surface area contributed by atoms with Crippen molar-refractivity contribution in [3.05, 3.63) is 66.9 Å². The van der Waals surface area contributed by atoms with E-state index in [4.69, 9.17) is 15.1 Å². The van der Waals surface area contributed by atoms with Gasteiger partial charge in [-0.3, -0.25) is 4.98 Å². The lowest BCUT2D eigenvalue weighted by atomic mass is 10.0. The number of aromatic nitrogens is 2. The van der Waals surface area contributed by atoms with Crippen molar-refractivity contribution in [1.82, 2.24) is 9.97 Å². The summed E-state index contributed by atoms with van der Waals surface area (Å²) in [5.41, 5.74) is 3.91. The van der Waals surface area contributed by atoms with Crippen LogP contribution in [0.5, 0.6) is 0 Å². The maximum atomic E-state index is 9.10. The molecule has 0 atom stereocenters. The molecule has 3 aromatic rings. The Balaban J connectivity index is 0.00000280. The van der Waals surface area contributed by atoms with Crippen molar-refractivity contribution >= 4 is 5.82 Å². The van der Waals surface area contributed by atoms with Crippen LogP contribution in [0.3, 0.4) is 0 Å². The molecule has 3 rings (SSSR count). The standard InChI is InChI=1S/C23H27N3O.H2O/c1-18(2)26(15-9-10-16-27)21-17-24-22(19-11-5-3-6-12-19)23(25-21)20-13-7-4-8-14-20;/h3-8,11-14,17-18,27H,9-10,15-16H2,1-2H3;1H2. The van der Waals surface area contributed by atoms with Crippen LogP contribution in [0.25, 0.3) is 22.5 Å². The highest BCUT2D eigenvalue weighted by Gasteiger charge is 2.17. The molecule has 2 aromatic carbocycles.